The molecule has 9 nitrogen and oxygen atoms in total. The summed E-state index contributed by atoms with van der Waals surface area (Å²) >= 11 is 0. The standard InChI is InChI=1S/C20H17FN4O5S/c1-31(29,30)24-18-12-15(8-9-16(18)21)23-20(26)13-7-10-17(19(11-13)25(27)28)22-14-5-3-2-4-6-14/h2-12,22,24H,1H3,(H,23,26). The zero-order valence-electron chi connectivity index (χ0n) is 16.1. The van der Waals surface area contributed by atoms with Crippen molar-refractivity contribution < 1.29 is 22.5 Å². The summed E-state index contributed by atoms with van der Waals surface area (Å²) in [7, 11) is -3.73. The molecule has 160 valence electrons. The second-order valence-electron chi connectivity index (χ2n) is 6.50. The predicted molar refractivity (Wildman–Crippen MR) is 116 cm³/mol. The number of hydrogen-bond donors (Lipinski definition) is 3. The number of nitro benzene ring substituents is 1. The van der Waals surface area contributed by atoms with Crippen LogP contribution in [0.5, 0.6) is 0 Å². The number of hydrogen-bond acceptors (Lipinski definition) is 6. The van der Waals surface area contributed by atoms with E-state index in [1.165, 1.54) is 18.2 Å². The van der Waals surface area contributed by atoms with Gasteiger partial charge in [-0.1, -0.05) is 18.2 Å². The number of halogens is 1. The van der Waals surface area contributed by atoms with Crippen molar-refractivity contribution in [3.63, 3.8) is 0 Å². The Labute approximate surface area is 177 Å². The number of rotatable bonds is 7. The third kappa shape index (κ3) is 5.76. The molecule has 0 aliphatic carbocycles. The van der Waals surface area contributed by atoms with E-state index in [9.17, 15) is 27.7 Å². The van der Waals surface area contributed by atoms with Gasteiger partial charge in [0.15, 0.2) is 0 Å². The summed E-state index contributed by atoms with van der Waals surface area (Å²) in [6.07, 6.45) is 0.863. The zero-order chi connectivity index (χ0) is 22.6. The van der Waals surface area contributed by atoms with E-state index in [0.717, 1.165) is 24.5 Å². The number of nitrogens with one attached hydrogen (secondary N) is 3. The molecule has 0 aliphatic heterocycles. The first-order valence-electron chi connectivity index (χ1n) is 8.81. The molecule has 11 heteroatoms. The highest BCUT2D eigenvalue weighted by atomic mass is 32.2. The normalized spacial score (nSPS) is 10.9. The summed E-state index contributed by atoms with van der Waals surface area (Å²) in [5.41, 5.74) is 0.289. The van der Waals surface area contributed by atoms with Gasteiger partial charge in [0.25, 0.3) is 11.6 Å². The molecule has 0 saturated carbocycles. The van der Waals surface area contributed by atoms with Crippen LogP contribution in [0.3, 0.4) is 0 Å². The van der Waals surface area contributed by atoms with Crippen molar-refractivity contribution in [3.05, 3.63) is 88.2 Å². The lowest BCUT2D eigenvalue weighted by molar-refractivity contribution is -0.383. The van der Waals surface area contributed by atoms with Crippen LogP contribution in [0.2, 0.25) is 0 Å². The maximum Gasteiger partial charge on any atom is 0.293 e. The number of benzene rings is 3. The Hall–Kier alpha value is -3.99. The lowest BCUT2D eigenvalue weighted by atomic mass is 10.1. The van der Waals surface area contributed by atoms with Crippen molar-refractivity contribution in [1.29, 1.82) is 0 Å². The first kappa shape index (κ1) is 21.7. The molecule has 0 aromatic heterocycles. The second kappa shape index (κ2) is 8.79. The molecule has 0 fully saturated rings. The third-order valence-corrected chi connectivity index (χ3v) is 4.62. The summed E-state index contributed by atoms with van der Waals surface area (Å²) in [6.45, 7) is 0. The second-order valence-corrected chi connectivity index (χ2v) is 8.25. The van der Waals surface area contributed by atoms with Crippen LogP contribution in [0.15, 0.2) is 66.7 Å². The quantitative estimate of drug-likeness (QED) is 0.371. The van der Waals surface area contributed by atoms with Crippen molar-refractivity contribution in [1.82, 2.24) is 0 Å². The monoisotopic (exact) mass is 444 g/mol. The molecule has 0 heterocycles. The molecule has 3 aromatic carbocycles. The largest absolute Gasteiger partial charge is 0.350 e. The minimum absolute atomic E-state index is 0.00717. The van der Waals surface area contributed by atoms with Crippen molar-refractivity contribution in [2.45, 2.75) is 0 Å². The SMILES string of the molecule is CS(=O)(=O)Nc1cc(NC(=O)c2ccc(Nc3ccccc3)c([N+](=O)[O-])c2)ccc1F. The van der Waals surface area contributed by atoms with E-state index in [1.807, 2.05) is 4.72 Å². The Balaban J connectivity index is 1.84. The fourth-order valence-electron chi connectivity index (χ4n) is 2.69. The van der Waals surface area contributed by atoms with Gasteiger partial charge in [0.1, 0.15) is 11.5 Å². The molecule has 3 rings (SSSR count). The Kier molecular flexibility index (Phi) is 6.16. The number of nitro groups is 1. The Morgan fingerprint density at radius 2 is 1.68 bits per heavy atom. The Morgan fingerprint density at radius 1 is 0.968 bits per heavy atom. The van der Waals surface area contributed by atoms with Gasteiger partial charge >= 0.3 is 0 Å². The molecule has 0 unspecified atom stereocenters. The third-order valence-electron chi connectivity index (χ3n) is 4.03. The van der Waals surface area contributed by atoms with Gasteiger partial charge in [-0.05, 0) is 42.5 Å². The highest BCUT2D eigenvalue weighted by Crippen LogP contribution is 2.29. The van der Waals surface area contributed by atoms with E-state index in [2.05, 4.69) is 10.6 Å². The van der Waals surface area contributed by atoms with Crippen LogP contribution in [-0.2, 0) is 10.0 Å². The van der Waals surface area contributed by atoms with Crippen LogP contribution in [0, 0.1) is 15.9 Å². The first-order chi connectivity index (χ1) is 14.6. The fraction of sp³-hybridized carbons (Fsp3) is 0.0500. The average molecular weight is 444 g/mol. The lowest BCUT2D eigenvalue weighted by Crippen LogP contribution is -2.14. The first-order valence-corrected chi connectivity index (χ1v) is 10.7. The molecule has 1 amide bonds. The van der Waals surface area contributed by atoms with Crippen LogP contribution in [0.1, 0.15) is 10.4 Å². The number of carbonyl (C=O) groups excluding carboxylic acids is 1. The Morgan fingerprint density at radius 3 is 2.32 bits per heavy atom. The molecule has 3 aromatic rings. The minimum Gasteiger partial charge on any atom is -0.350 e. The molecule has 0 aliphatic rings. The molecule has 0 saturated heterocycles. The number of para-hydroxylation sites is 1. The molecule has 0 radical (unpaired) electrons. The van der Waals surface area contributed by atoms with Crippen LogP contribution >= 0.6 is 0 Å². The summed E-state index contributed by atoms with van der Waals surface area (Å²) in [5, 5.41) is 16.9. The van der Waals surface area contributed by atoms with Gasteiger partial charge in [0.05, 0.1) is 16.9 Å². The number of sulfonamides is 1. The van der Waals surface area contributed by atoms with Crippen molar-refractivity contribution >= 4 is 44.4 Å². The molecular weight excluding hydrogens is 427 g/mol. The highest BCUT2D eigenvalue weighted by molar-refractivity contribution is 7.92. The molecule has 0 spiro atoms. The van der Waals surface area contributed by atoms with Gasteiger partial charge in [-0.25, -0.2) is 12.8 Å². The van der Waals surface area contributed by atoms with Gasteiger partial charge in [0.2, 0.25) is 10.0 Å². The van der Waals surface area contributed by atoms with E-state index in [0.29, 0.717) is 5.69 Å². The molecular formula is C20H17FN4O5S. The van der Waals surface area contributed by atoms with Gasteiger partial charge in [-0.2, -0.15) is 0 Å². The lowest BCUT2D eigenvalue weighted by Gasteiger charge is -2.11. The number of nitrogens with zero attached hydrogens (tertiary/aromatic N) is 1. The van der Waals surface area contributed by atoms with E-state index in [-0.39, 0.29) is 28.3 Å². The number of anilines is 4. The highest BCUT2D eigenvalue weighted by Gasteiger charge is 2.18. The summed E-state index contributed by atoms with van der Waals surface area (Å²) in [6, 6.07) is 16.1. The maximum absolute atomic E-state index is 13.8. The van der Waals surface area contributed by atoms with Gasteiger partial charge in [-0.15, -0.1) is 0 Å². The van der Waals surface area contributed by atoms with Crippen LogP contribution in [-0.4, -0.2) is 25.5 Å². The van der Waals surface area contributed by atoms with Crippen molar-refractivity contribution in [2.75, 3.05) is 21.6 Å². The van der Waals surface area contributed by atoms with Crippen molar-refractivity contribution in [2.24, 2.45) is 0 Å². The average Bonchev–Trinajstić information content (AvgIpc) is 2.70. The topological polar surface area (TPSA) is 130 Å². The smallest absolute Gasteiger partial charge is 0.293 e. The van der Waals surface area contributed by atoms with E-state index in [4.69, 9.17) is 0 Å². The maximum atomic E-state index is 13.8. The van der Waals surface area contributed by atoms with E-state index in [1.54, 1.807) is 30.3 Å². The molecule has 3 N–H and O–H groups in total. The minimum atomic E-state index is -3.73. The van der Waals surface area contributed by atoms with E-state index >= 15 is 0 Å². The van der Waals surface area contributed by atoms with Gasteiger partial charge in [0, 0.05) is 23.0 Å². The van der Waals surface area contributed by atoms with Crippen molar-refractivity contribution in [3.8, 4) is 0 Å². The van der Waals surface area contributed by atoms with Crippen LogP contribution in [0.4, 0.5) is 32.8 Å². The summed E-state index contributed by atoms with van der Waals surface area (Å²) < 4.78 is 38.5. The van der Waals surface area contributed by atoms with Crippen LogP contribution in [0.25, 0.3) is 0 Å². The van der Waals surface area contributed by atoms with Gasteiger partial charge < -0.3 is 10.6 Å². The predicted octanol–water partition coefficient (Wildman–Crippen LogP) is 4.10. The summed E-state index contributed by atoms with van der Waals surface area (Å²) in [5.74, 6) is -1.51. The fourth-order valence-corrected chi connectivity index (χ4v) is 3.25. The molecule has 31 heavy (non-hydrogen) atoms. The summed E-state index contributed by atoms with van der Waals surface area (Å²) in [4.78, 5) is 23.4. The van der Waals surface area contributed by atoms with Crippen LogP contribution < -0.4 is 15.4 Å². The Bertz CT molecular complexity index is 1250. The van der Waals surface area contributed by atoms with E-state index < -0.39 is 26.7 Å². The number of amides is 1. The molecule has 0 bridgehead atoms. The molecule has 0 atom stereocenters. The van der Waals surface area contributed by atoms with Gasteiger partial charge in [-0.3, -0.25) is 19.6 Å². The number of carbonyl (C=O) groups is 1. The zero-order valence-corrected chi connectivity index (χ0v) is 16.9.